The number of hydrogen-bond donors (Lipinski definition) is 1. The van der Waals surface area contributed by atoms with Gasteiger partial charge in [-0.15, -0.1) is 0 Å². The molecule has 1 unspecified atom stereocenters. The van der Waals surface area contributed by atoms with Crippen molar-refractivity contribution in [3.8, 4) is 5.75 Å². The van der Waals surface area contributed by atoms with Crippen LogP contribution in [0.25, 0.3) is 0 Å². The third-order valence-electron chi connectivity index (χ3n) is 6.15. The molecule has 0 radical (unpaired) electrons. The molecule has 1 N–H and O–H groups in total. The molecule has 35 heavy (non-hydrogen) atoms. The number of carbonyl (C=O) groups excluding carboxylic acids is 2. The summed E-state index contributed by atoms with van der Waals surface area (Å²) in [7, 11) is 0. The van der Waals surface area contributed by atoms with Gasteiger partial charge >= 0.3 is 0 Å². The van der Waals surface area contributed by atoms with Crippen molar-refractivity contribution in [2.45, 2.75) is 19.0 Å². The van der Waals surface area contributed by atoms with E-state index in [1.165, 1.54) is 5.56 Å². The Morgan fingerprint density at radius 2 is 1.71 bits per heavy atom. The molecule has 0 spiro atoms. The molecule has 1 atom stereocenters. The zero-order valence-electron chi connectivity index (χ0n) is 19.2. The molecule has 0 fully saturated rings. The number of rotatable bonds is 7. The lowest BCUT2D eigenvalue weighted by molar-refractivity contribution is -0.123. The number of nitrogens with zero attached hydrogens (tertiary/aromatic N) is 1. The molecule has 0 bridgehead atoms. The van der Waals surface area contributed by atoms with E-state index in [0.29, 0.717) is 30.2 Å². The summed E-state index contributed by atoms with van der Waals surface area (Å²) in [5.41, 5.74) is 3.88. The summed E-state index contributed by atoms with van der Waals surface area (Å²) in [6, 6.07) is 28.6. The van der Waals surface area contributed by atoms with Gasteiger partial charge in [0.1, 0.15) is 11.5 Å². The Morgan fingerprint density at radius 3 is 2.46 bits per heavy atom. The van der Waals surface area contributed by atoms with E-state index in [1.807, 2.05) is 83.8 Å². The Labute approximate surface area is 204 Å². The highest BCUT2D eigenvalue weighted by atomic mass is 16.5. The average Bonchev–Trinajstić information content (AvgIpc) is 3.44. The SMILES string of the molecule is O=C(COc1ccc2c(c1)C(c1ccccc1)N(C(=O)c1ccccc1)CC2)NCc1ccco1. The van der Waals surface area contributed by atoms with Gasteiger partial charge in [0.15, 0.2) is 6.61 Å². The quantitative estimate of drug-likeness (QED) is 0.426. The van der Waals surface area contributed by atoms with Crippen LogP contribution in [0.2, 0.25) is 0 Å². The summed E-state index contributed by atoms with van der Waals surface area (Å²) in [4.78, 5) is 27.7. The molecule has 6 heteroatoms. The average molecular weight is 467 g/mol. The first kappa shape index (κ1) is 22.5. The van der Waals surface area contributed by atoms with Crippen LogP contribution in [0, 0.1) is 0 Å². The molecular formula is C29H26N2O4. The van der Waals surface area contributed by atoms with Gasteiger partial charge in [0.25, 0.3) is 11.8 Å². The van der Waals surface area contributed by atoms with E-state index in [-0.39, 0.29) is 24.5 Å². The highest BCUT2D eigenvalue weighted by molar-refractivity contribution is 5.95. The minimum Gasteiger partial charge on any atom is -0.484 e. The molecule has 4 aromatic rings. The van der Waals surface area contributed by atoms with Crippen LogP contribution in [0.4, 0.5) is 0 Å². The van der Waals surface area contributed by atoms with Crippen LogP contribution in [0.5, 0.6) is 5.75 Å². The van der Waals surface area contributed by atoms with Gasteiger partial charge in [-0.3, -0.25) is 9.59 Å². The number of furan rings is 1. The standard InChI is InChI=1S/C29H26N2O4/c32-27(30-19-25-12-7-17-34-25)20-35-24-14-13-21-15-16-31(29(33)23-10-5-2-6-11-23)28(26(21)18-24)22-8-3-1-4-9-22/h1-14,17-18,28H,15-16,19-20H2,(H,30,32). The first-order chi connectivity index (χ1) is 17.2. The van der Waals surface area contributed by atoms with E-state index in [1.54, 1.807) is 18.4 Å². The molecule has 2 amide bonds. The summed E-state index contributed by atoms with van der Waals surface area (Å²) < 4.78 is 11.1. The maximum atomic E-state index is 13.5. The van der Waals surface area contributed by atoms with Crippen LogP contribution < -0.4 is 10.1 Å². The summed E-state index contributed by atoms with van der Waals surface area (Å²) in [6.45, 7) is 0.823. The van der Waals surface area contributed by atoms with Crippen molar-refractivity contribution < 1.29 is 18.7 Å². The molecule has 0 saturated heterocycles. The van der Waals surface area contributed by atoms with Gasteiger partial charge in [-0.05, 0) is 59.5 Å². The fourth-order valence-electron chi connectivity index (χ4n) is 4.44. The monoisotopic (exact) mass is 466 g/mol. The fraction of sp³-hybridized carbons (Fsp3) is 0.172. The van der Waals surface area contributed by atoms with Gasteiger partial charge < -0.3 is 19.4 Å². The first-order valence-electron chi connectivity index (χ1n) is 11.6. The van der Waals surface area contributed by atoms with Crippen molar-refractivity contribution in [2.75, 3.05) is 13.2 Å². The number of fused-ring (bicyclic) bond motifs is 1. The molecule has 6 nitrogen and oxygen atoms in total. The fourth-order valence-corrected chi connectivity index (χ4v) is 4.44. The predicted molar refractivity (Wildman–Crippen MR) is 132 cm³/mol. The topological polar surface area (TPSA) is 71.8 Å². The van der Waals surface area contributed by atoms with Crippen molar-refractivity contribution in [1.29, 1.82) is 0 Å². The molecule has 176 valence electrons. The Kier molecular flexibility index (Phi) is 6.61. The van der Waals surface area contributed by atoms with Gasteiger partial charge in [-0.1, -0.05) is 54.6 Å². The molecular weight excluding hydrogens is 440 g/mol. The van der Waals surface area contributed by atoms with Gasteiger partial charge in [0.05, 0.1) is 18.8 Å². The predicted octanol–water partition coefficient (Wildman–Crippen LogP) is 4.76. The van der Waals surface area contributed by atoms with Gasteiger partial charge in [-0.25, -0.2) is 0 Å². The van der Waals surface area contributed by atoms with Crippen LogP contribution in [0.1, 0.15) is 38.9 Å². The van der Waals surface area contributed by atoms with Crippen molar-refractivity contribution in [3.63, 3.8) is 0 Å². The minimum atomic E-state index is -0.246. The number of amides is 2. The molecule has 1 aromatic heterocycles. The van der Waals surface area contributed by atoms with Crippen molar-refractivity contribution in [2.24, 2.45) is 0 Å². The Balaban J connectivity index is 1.38. The Morgan fingerprint density at radius 1 is 0.943 bits per heavy atom. The van der Waals surface area contributed by atoms with Crippen molar-refractivity contribution in [1.82, 2.24) is 10.2 Å². The zero-order valence-corrected chi connectivity index (χ0v) is 19.2. The first-order valence-corrected chi connectivity index (χ1v) is 11.6. The Bertz CT molecular complexity index is 1290. The van der Waals surface area contributed by atoms with E-state index in [4.69, 9.17) is 9.15 Å². The number of ether oxygens (including phenoxy) is 1. The van der Waals surface area contributed by atoms with Crippen LogP contribution in [-0.4, -0.2) is 29.9 Å². The summed E-state index contributed by atoms with van der Waals surface area (Å²) >= 11 is 0. The van der Waals surface area contributed by atoms with Gasteiger partial charge in [0, 0.05) is 12.1 Å². The lowest BCUT2D eigenvalue weighted by Gasteiger charge is -2.38. The van der Waals surface area contributed by atoms with Crippen LogP contribution in [0.3, 0.4) is 0 Å². The smallest absolute Gasteiger partial charge is 0.258 e. The van der Waals surface area contributed by atoms with E-state index in [9.17, 15) is 9.59 Å². The maximum Gasteiger partial charge on any atom is 0.258 e. The normalized spacial score (nSPS) is 14.7. The molecule has 0 aliphatic carbocycles. The molecule has 1 aliphatic rings. The largest absolute Gasteiger partial charge is 0.484 e. The van der Waals surface area contributed by atoms with E-state index in [2.05, 4.69) is 5.32 Å². The minimum absolute atomic E-state index is 0.00581. The molecule has 2 heterocycles. The number of benzene rings is 3. The highest BCUT2D eigenvalue weighted by Crippen LogP contribution is 2.38. The van der Waals surface area contributed by atoms with E-state index < -0.39 is 0 Å². The van der Waals surface area contributed by atoms with Crippen molar-refractivity contribution in [3.05, 3.63) is 125 Å². The lowest BCUT2D eigenvalue weighted by Crippen LogP contribution is -2.40. The van der Waals surface area contributed by atoms with Crippen LogP contribution in [-0.2, 0) is 17.8 Å². The number of hydrogen-bond acceptors (Lipinski definition) is 4. The molecule has 0 saturated carbocycles. The van der Waals surface area contributed by atoms with Gasteiger partial charge in [0.2, 0.25) is 0 Å². The van der Waals surface area contributed by atoms with Crippen LogP contribution in [0.15, 0.2) is 102 Å². The molecule has 5 rings (SSSR count). The third-order valence-corrected chi connectivity index (χ3v) is 6.15. The van der Waals surface area contributed by atoms with E-state index in [0.717, 1.165) is 17.5 Å². The summed E-state index contributed by atoms with van der Waals surface area (Å²) in [5.74, 6) is 1.03. The summed E-state index contributed by atoms with van der Waals surface area (Å²) in [5, 5.41) is 2.78. The summed E-state index contributed by atoms with van der Waals surface area (Å²) in [6.07, 6.45) is 2.32. The molecule has 3 aromatic carbocycles. The molecule has 1 aliphatic heterocycles. The van der Waals surface area contributed by atoms with Gasteiger partial charge in [-0.2, -0.15) is 0 Å². The highest BCUT2D eigenvalue weighted by Gasteiger charge is 2.32. The third kappa shape index (κ3) is 5.11. The maximum absolute atomic E-state index is 13.5. The van der Waals surface area contributed by atoms with Crippen molar-refractivity contribution >= 4 is 11.8 Å². The number of carbonyl (C=O) groups is 2. The second kappa shape index (κ2) is 10.3. The Hall–Kier alpha value is -4.32. The second-order valence-corrected chi connectivity index (χ2v) is 8.43. The zero-order chi connectivity index (χ0) is 24.0. The van der Waals surface area contributed by atoms with E-state index >= 15 is 0 Å². The van der Waals surface area contributed by atoms with Crippen LogP contribution >= 0.6 is 0 Å². The second-order valence-electron chi connectivity index (χ2n) is 8.43. The number of nitrogens with one attached hydrogen (secondary N) is 1. The lowest BCUT2D eigenvalue weighted by atomic mass is 9.87.